The molecule has 17 heavy (non-hydrogen) atoms. The molecule has 4 nitrogen and oxygen atoms in total. The van der Waals surface area contributed by atoms with Gasteiger partial charge in [0, 0.05) is 11.0 Å². The Labute approximate surface area is 104 Å². The Morgan fingerprint density at radius 2 is 1.71 bits per heavy atom. The van der Waals surface area contributed by atoms with Crippen molar-refractivity contribution in [1.82, 2.24) is 0 Å². The molecule has 0 fully saturated rings. The van der Waals surface area contributed by atoms with Crippen molar-refractivity contribution in [2.75, 3.05) is 13.2 Å². The second kappa shape index (κ2) is 6.17. The summed E-state index contributed by atoms with van der Waals surface area (Å²) in [5, 5.41) is 0. The molecule has 0 bridgehead atoms. The normalized spacial score (nSPS) is 12.4. The minimum Gasteiger partial charge on any atom is -0.463 e. The van der Waals surface area contributed by atoms with Crippen LogP contribution in [0.15, 0.2) is 12.2 Å². The van der Waals surface area contributed by atoms with Crippen LogP contribution in [0.25, 0.3) is 0 Å². The first-order valence-corrected chi connectivity index (χ1v) is 5.77. The van der Waals surface area contributed by atoms with Crippen LogP contribution in [0.1, 0.15) is 41.5 Å². The van der Waals surface area contributed by atoms with Crippen molar-refractivity contribution in [2.24, 2.45) is 5.41 Å². The molecule has 0 rings (SSSR count). The Hall–Kier alpha value is -0.870. The maximum atomic E-state index is 11.5. The molecule has 0 atom stereocenters. The van der Waals surface area contributed by atoms with Crippen molar-refractivity contribution in [1.29, 1.82) is 0 Å². The second-order valence-corrected chi connectivity index (χ2v) is 5.54. The van der Waals surface area contributed by atoms with Crippen LogP contribution < -0.4 is 0 Å². The van der Waals surface area contributed by atoms with E-state index in [0.717, 1.165) is 0 Å². The molecular formula is C13H24O4. The molecule has 0 aromatic carbocycles. The van der Waals surface area contributed by atoms with Gasteiger partial charge in [-0.1, -0.05) is 20.4 Å². The number of esters is 1. The Balaban J connectivity index is 4.28. The topological polar surface area (TPSA) is 44.8 Å². The highest BCUT2D eigenvalue weighted by atomic mass is 17.2. The fourth-order valence-corrected chi connectivity index (χ4v) is 0.935. The summed E-state index contributed by atoms with van der Waals surface area (Å²) in [6.07, 6.45) is 0. The van der Waals surface area contributed by atoms with Crippen LogP contribution in [-0.4, -0.2) is 24.8 Å². The fourth-order valence-electron chi connectivity index (χ4n) is 0.935. The van der Waals surface area contributed by atoms with Crippen LogP contribution >= 0.6 is 0 Å². The van der Waals surface area contributed by atoms with Gasteiger partial charge < -0.3 is 4.74 Å². The zero-order chi connectivity index (χ0) is 13.7. The van der Waals surface area contributed by atoms with Gasteiger partial charge in [-0.2, -0.15) is 0 Å². The van der Waals surface area contributed by atoms with Gasteiger partial charge in [0.25, 0.3) is 0 Å². The highest BCUT2D eigenvalue weighted by Crippen LogP contribution is 2.27. The summed E-state index contributed by atoms with van der Waals surface area (Å²) in [6.45, 7) is 15.5. The molecule has 0 aromatic heterocycles. The van der Waals surface area contributed by atoms with Crippen molar-refractivity contribution >= 4 is 5.97 Å². The molecule has 0 amide bonds. The fraction of sp³-hybridized carbons (Fsp3) is 0.769. The summed E-state index contributed by atoms with van der Waals surface area (Å²) in [7, 11) is 0. The molecule has 0 saturated carbocycles. The number of carbonyl (C=O) groups excluding carboxylic acids is 1. The maximum Gasteiger partial charge on any atom is 0.334 e. The number of ether oxygens (including phenoxy) is 1. The van der Waals surface area contributed by atoms with Gasteiger partial charge >= 0.3 is 5.97 Å². The van der Waals surface area contributed by atoms with Crippen molar-refractivity contribution in [3.05, 3.63) is 12.2 Å². The largest absolute Gasteiger partial charge is 0.463 e. The summed E-state index contributed by atoms with van der Waals surface area (Å²) in [4.78, 5) is 21.8. The van der Waals surface area contributed by atoms with E-state index in [0.29, 0.717) is 12.2 Å². The predicted molar refractivity (Wildman–Crippen MR) is 66.3 cm³/mol. The summed E-state index contributed by atoms with van der Waals surface area (Å²) in [5.41, 5.74) is -0.504. The molecule has 0 aliphatic rings. The Morgan fingerprint density at radius 3 is 2.12 bits per heavy atom. The SMILES string of the molecule is C=C(C(=O)OCC)C(C)(C)COOC(C)(C)C. The number of hydrogen-bond donors (Lipinski definition) is 0. The first kappa shape index (κ1) is 16.1. The Kier molecular flexibility index (Phi) is 5.85. The minimum atomic E-state index is -0.516. The van der Waals surface area contributed by atoms with E-state index >= 15 is 0 Å². The molecule has 0 unspecified atom stereocenters. The molecule has 0 spiro atoms. The third-order valence-corrected chi connectivity index (χ3v) is 2.07. The van der Waals surface area contributed by atoms with Crippen molar-refractivity contribution in [3.63, 3.8) is 0 Å². The van der Waals surface area contributed by atoms with Gasteiger partial charge in [0.05, 0.1) is 18.8 Å². The van der Waals surface area contributed by atoms with E-state index in [1.807, 2.05) is 34.6 Å². The van der Waals surface area contributed by atoms with E-state index < -0.39 is 11.4 Å². The van der Waals surface area contributed by atoms with Gasteiger partial charge in [-0.05, 0) is 27.7 Å². The lowest BCUT2D eigenvalue weighted by atomic mass is 9.86. The van der Waals surface area contributed by atoms with Gasteiger partial charge in [-0.25, -0.2) is 14.6 Å². The molecule has 0 heterocycles. The van der Waals surface area contributed by atoms with Crippen LogP contribution in [0.3, 0.4) is 0 Å². The highest BCUT2D eigenvalue weighted by Gasteiger charge is 2.29. The average molecular weight is 244 g/mol. The number of rotatable bonds is 6. The highest BCUT2D eigenvalue weighted by molar-refractivity contribution is 5.89. The summed E-state index contributed by atoms with van der Waals surface area (Å²) in [5.74, 6) is -0.392. The van der Waals surface area contributed by atoms with Crippen LogP contribution in [0.2, 0.25) is 0 Å². The summed E-state index contributed by atoms with van der Waals surface area (Å²) >= 11 is 0. The van der Waals surface area contributed by atoms with Gasteiger partial charge in [-0.15, -0.1) is 0 Å². The lowest BCUT2D eigenvalue weighted by Gasteiger charge is -2.27. The molecule has 0 aromatic rings. The third kappa shape index (κ3) is 6.44. The van der Waals surface area contributed by atoms with E-state index in [1.54, 1.807) is 6.92 Å². The molecule has 0 N–H and O–H groups in total. The quantitative estimate of drug-likeness (QED) is 0.312. The Morgan fingerprint density at radius 1 is 1.18 bits per heavy atom. The average Bonchev–Trinajstić information content (AvgIpc) is 2.14. The van der Waals surface area contributed by atoms with E-state index in [9.17, 15) is 4.79 Å². The Bertz CT molecular complexity index is 274. The number of hydrogen-bond acceptors (Lipinski definition) is 4. The second-order valence-electron chi connectivity index (χ2n) is 5.54. The lowest BCUT2D eigenvalue weighted by molar-refractivity contribution is -0.356. The molecule has 0 saturated heterocycles. The van der Waals surface area contributed by atoms with Gasteiger partial charge in [0.1, 0.15) is 0 Å². The van der Waals surface area contributed by atoms with Crippen molar-refractivity contribution in [3.8, 4) is 0 Å². The zero-order valence-electron chi connectivity index (χ0n) is 11.8. The van der Waals surface area contributed by atoms with Crippen molar-refractivity contribution < 1.29 is 19.3 Å². The predicted octanol–water partition coefficient (Wildman–Crippen LogP) is 2.88. The summed E-state index contributed by atoms with van der Waals surface area (Å²) in [6, 6.07) is 0. The first-order chi connectivity index (χ1) is 7.60. The molecule has 0 radical (unpaired) electrons. The zero-order valence-corrected chi connectivity index (χ0v) is 11.8. The van der Waals surface area contributed by atoms with Crippen LogP contribution in [0.4, 0.5) is 0 Å². The number of carbonyl (C=O) groups is 1. The minimum absolute atomic E-state index is 0.252. The molecule has 0 aliphatic heterocycles. The van der Waals surface area contributed by atoms with Gasteiger partial charge in [0.15, 0.2) is 0 Å². The molecular weight excluding hydrogens is 220 g/mol. The molecule has 100 valence electrons. The van der Waals surface area contributed by atoms with Gasteiger partial charge in [0.2, 0.25) is 0 Å². The van der Waals surface area contributed by atoms with Crippen LogP contribution in [0, 0.1) is 5.41 Å². The van der Waals surface area contributed by atoms with Crippen LogP contribution in [-0.2, 0) is 19.3 Å². The first-order valence-electron chi connectivity index (χ1n) is 5.77. The van der Waals surface area contributed by atoms with E-state index in [4.69, 9.17) is 14.5 Å². The van der Waals surface area contributed by atoms with E-state index in [2.05, 4.69) is 6.58 Å². The maximum absolute atomic E-state index is 11.5. The smallest absolute Gasteiger partial charge is 0.334 e. The van der Waals surface area contributed by atoms with E-state index in [1.165, 1.54) is 0 Å². The van der Waals surface area contributed by atoms with E-state index in [-0.39, 0.29) is 12.2 Å². The van der Waals surface area contributed by atoms with Crippen molar-refractivity contribution in [2.45, 2.75) is 47.1 Å². The third-order valence-electron chi connectivity index (χ3n) is 2.07. The molecule has 0 aliphatic carbocycles. The standard InChI is InChI=1S/C13H24O4/c1-8-15-11(14)10(2)13(6,7)9-16-17-12(3,4)5/h2,8-9H2,1,3-7H3. The van der Waals surface area contributed by atoms with Gasteiger partial charge in [-0.3, -0.25) is 0 Å². The van der Waals surface area contributed by atoms with Crippen LogP contribution in [0.5, 0.6) is 0 Å². The molecule has 4 heteroatoms. The monoisotopic (exact) mass is 244 g/mol. The summed E-state index contributed by atoms with van der Waals surface area (Å²) < 4.78 is 4.90. The lowest BCUT2D eigenvalue weighted by Crippen LogP contribution is -2.29.